The molecule has 0 aliphatic carbocycles. The van der Waals surface area contributed by atoms with Crippen molar-refractivity contribution in [3.8, 4) is 0 Å². The molecule has 132 valence electrons. The van der Waals surface area contributed by atoms with E-state index in [0.717, 1.165) is 0 Å². The smallest absolute Gasteiger partial charge is 0.267 e. The molecule has 0 aliphatic heterocycles. The fourth-order valence-electron chi connectivity index (χ4n) is 2.60. The molecule has 0 bridgehead atoms. The Bertz CT molecular complexity index is 737. The van der Waals surface area contributed by atoms with Gasteiger partial charge in [0.1, 0.15) is 5.82 Å². The van der Waals surface area contributed by atoms with Crippen molar-refractivity contribution in [2.75, 3.05) is 6.54 Å². The van der Waals surface area contributed by atoms with E-state index in [1.54, 1.807) is 24.3 Å². The fourth-order valence-corrected chi connectivity index (χ4v) is 2.60. The summed E-state index contributed by atoms with van der Waals surface area (Å²) in [6.45, 7) is 7.72. The Morgan fingerprint density at radius 3 is 1.88 bits per heavy atom. The Kier molecular flexibility index (Phi) is 5.57. The maximum absolute atomic E-state index is 13.2. The number of hydrogen-bond donors (Lipinski definition) is 0. The molecule has 0 atom stereocenters. The van der Waals surface area contributed by atoms with Crippen LogP contribution in [0.15, 0.2) is 54.6 Å². The van der Waals surface area contributed by atoms with Crippen molar-refractivity contribution in [3.05, 3.63) is 71.5 Å². The summed E-state index contributed by atoms with van der Waals surface area (Å²) in [6.07, 6.45) is 0. The molecular weight excluding hydrogens is 319 g/mol. The van der Waals surface area contributed by atoms with Gasteiger partial charge >= 0.3 is 0 Å². The third-order valence-electron chi connectivity index (χ3n) is 3.72. The SMILES string of the molecule is CCN(C(=O)c1ccccc1)N(C(=O)c1ccc(F)cc1)C(C)(C)C. The van der Waals surface area contributed by atoms with Gasteiger partial charge in [0.2, 0.25) is 0 Å². The van der Waals surface area contributed by atoms with Crippen molar-refractivity contribution >= 4 is 11.8 Å². The van der Waals surface area contributed by atoms with Gasteiger partial charge in [0.05, 0.1) is 5.54 Å². The molecule has 2 amide bonds. The van der Waals surface area contributed by atoms with Gasteiger partial charge in [0.25, 0.3) is 11.8 Å². The maximum Gasteiger partial charge on any atom is 0.272 e. The molecule has 2 rings (SSSR count). The van der Waals surface area contributed by atoms with Crippen LogP contribution in [0.4, 0.5) is 4.39 Å². The van der Waals surface area contributed by atoms with Crippen molar-refractivity contribution in [2.24, 2.45) is 0 Å². The second-order valence-corrected chi connectivity index (χ2v) is 6.68. The van der Waals surface area contributed by atoms with Crippen LogP contribution < -0.4 is 0 Å². The van der Waals surface area contributed by atoms with Crippen molar-refractivity contribution in [2.45, 2.75) is 33.2 Å². The molecule has 4 nitrogen and oxygen atoms in total. The summed E-state index contributed by atoms with van der Waals surface area (Å²) >= 11 is 0. The van der Waals surface area contributed by atoms with Crippen LogP contribution in [-0.4, -0.2) is 33.9 Å². The third-order valence-corrected chi connectivity index (χ3v) is 3.72. The topological polar surface area (TPSA) is 40.6 Å². The quantitative estimate of drug-likeness (QED) is 0.787. The van der Waals surface area contributed by atoms with E-state index < -0.39 is 11.4 Å². The first-order chi connectivity index (χ1) is 11.8. The van der Waals surface area contributed by atoms with Crippen LogP contribution in [0.5, 0.6) is 0 Å². The lowest BCUT2D eigenvalue weighted by atomic mass is 10.1. The highest BCUT2D eigenvalue weighted by atomic mass is 19.1. The summed E-state index contributed by atoms with van der Waals surface area (Å²) in [4.78, 5) is 26.0. The van der Waals surface area contributed by atoms with E-state index in [-0.39, 0.29) is 11.8 Å². The molecule has 0 spiro atoms. The van der Waals surface area contributed by atoms with Gasteiger partial charge in [0.15, 0.2) is 0 Å². The number of hydrazine groups is 1. The van der Waals surface area contributed by atoms with Crippen LogP contribution in [-0.2, 0) is 0 Å². The summed E-state index contributed by atoms with van der Waals surface area (Å²) in [5.41, 5.74) is 0.201. The highest BCUT2D eigenvalue weighted by molar-refractivity contribution is 5.99. The van der Waals surface area contributed by atoms with E-state index in [2.05, 4.69) is 0 Å². The zero-order valence-electron chi connectivity index (χ0n) is 15.0. The van der Waals surface area contributed by atoms with Gasteiger partial charge in [0, 0.05) is 17.7 Å². The van der Waals surface area contributed by atoms with E-state index in [1.165, 1.54) is 34.3 Å². The molecule has 0 fully saturated rings. The zero-order chi connectivity index (χ0) is 18.6. The van der Waals surface area contributed by atoms with Gasteiger partial charge in [-0.1, -0.05) is 18.2 Å². The summed E-state index contributed by atoms with van der Waals surface area (Å²) in [7, 11) is 0. The van der Waals surface area contributed by atoms with Gasteiger partial charge in [-0.2, -0.15) is 0 Å². The molecule has 0 saturated carbocycles. The van der Waals surface area contributed by atoms with E-state index in [4.69, 9.17) is 0 Å². The molecule has 0 saturated heterocycles. The number of hydrogen-bond acceptors (Lipinski definition) is 2. The Morgan fingerprint density at radius 1 is 0.880 bits per heavy atom. The maximum atomic E-state index is 13.2. The summed E-state index contributed by atoms with van der Waals surface area (Å²) in [5.74, 6) is -1.02. The van der Waals surface area contributed by atoms with Crippen molar-refractivity contribution in [3.63, 3.8) is 0 Å². The van der Waals surface area contributed by atoms with E-state index >= 15 is 0 Å². The Hall–Kier alpha value is -2.69. The lowest BCUT2D eigenvalue weighted by Crippen LogP contribution is -2.58. The summed E-state index contributed by atoms with van der Waals surface area (Å²) in [6, 6.07) is 14.2. The van der Waals surface area contributed by atoms with Crippen molar-refractivity contribution in [1.29, 1.82) is 0 Å². The molecule has 0 aromatic heterocycles. The molecule has 2 aromatic carbocycles. The highest BCUT2D eigenvalue weighted by Crippen LogP contribution is 2.22. The standard InChI is InChI=1S/C20H23FN2O2/c1-5-22(18(24)15-9-7-6-8-10-15)23(20(2,3)4)19(25)16-11-13-17(21)14-12-16/h6-14H,5H2,1-4H3. The minimum Gasteiger partial charge on any atom is -0.267 e. The predicted octanol–water partition coefficient (Wildman–Crippen LogP) is 4.14. The first-order valence-electron chi connectivity index (χ1n) is 8.22. The minimum atomic E-state index is -0.633. The van der Waals surface area contributed by atoms with Gasteiger partial charge in [-0.05, 0) is 64.1 Å². The second-order valence-electron chi connectivity index (χ2n) is 6.68. The number of benzene rings is 2. The van der Waals surface area contributed by atoms with Crippen LogP contribution >= 0.6 is 0 Å². The number of amides is 2. The number of nitrogens with zero attached hydrogens (tertiary/aromatic N) is 2. The summed E-state index contributed by atoms with van der Waals surface area (Å²) in [5, 5.41) is 2.87. The molecular formula is C20H23FN2O2. The number of carbonyl (C=O) groups is 2. The molecule has 0 unspecified atom stereocenters. The van der Waals surface area contributed by atoms with Crippen LogP contribution in [0.25, 0.3) is 0 Å². The van der Waals surface area contributed by atoms with E-state index in [0.29, 0.717) is 17.7 Å². The molecule has 2 aromatic rings. The average Bonchev–Trinajstić information content (AvgIpc) is 2.58. The largest absolute Gasteiger partial charge is 0.272 e. The van der Waals surface area contributed by atoms with Crippen LogP contribution in [0.3, 0.4) is 0 Å². The predicted molar refractivity (Wildman–Crippen MR) is 95.5 cm³/mol. The van der Waals surface area contributed by atoms with E-state index in [1.807, 2.05) is 33.8 Å². The minimum absolute atomic E-state index is 0.256. The highest BCUT2D eigenvalue weighted by Gasteiger charge is 2.35. The molecule has 25 heavy (non-hydrogen) atoms. The van der Waals surface area contributed by atoms with Crippen molar-refractivity contribution in [1.82, 2.24) is 10.0 Å². The molecule has 0 heterocycles. The van der Waals surface area contributed by atoms with Crippen LogP contribution in [0.2, 0.25) is 0 Å². The van der Waals surface area contributed by atoms with Crippen LogP contribution in [0, 0.1) is 5.82 Å². The normalized spacial score (nSPS) is 11.1. The van der Waals surface area contributed by atoms with E-state index in [9.17, 15) is 14.0 Å². The first kappa shape index (κ1) is 18.6. The Labute approximate surface area is 147 Å². The average molecular weight is 342 g/mol. The Morgan fingerprint density at radius 2 is 1.40 bits per heavy atom. The first-order valence-corrected chi connectivity index (χ1v) is 8.22. The lowest BCUT2D eigenvalue weighted by molar-refractivity contribution is -0.0410. The summed E-state index contributed by atoms with van der Waals surface area (Å²) < 4.78 is 13.2. The molecule has 0 radical (unpaired) electrons. The fraction of sp³-hybridized carbons (Fsp3) is 0.300. The Balaban J connectivity index is 2.43. The second kappa shape index (κ2) is 7.47. The van der Waals surface area contributed by atoms with Crippen LogP contribution in [0.1, 0.15) is 48.4 Å². The zero-order valence-corrected chi connectivity index (χ0v) is 15.0. The molecule has 0 N–H and O–H groups in total. The third kappa shape index (κ3) is 4.24. The number of rotatable bonds is 3. The number of carbonyl (C=O) groups excluding carboxylic acids is 2. The molecule has 5 heteroatoms. The molecule has 0 aliphatic rings. The number of halogens is 1. The van der Waals surface area contributed by atoms with Crippen molar-refractivity contribution < 1.29 is 14.0 Å². The monoisotopic (exact) mass is 342 g/mol. The van der Waals surface area contributed by atoms with Gasteiger partial charge in [-0.15, -0.1) is 0 Å². The van der Waals surface area contributed by atoms with Gasteiger partial charge in [-0.25, -0.2) is 14.4 Å². The van der Waals surface area contributed by atoms with Gasteiger partial charge < -0.3 is 0 Å². The lowest BCUT2D eigenvalue weighted by Gasteiger charge is -2.43. The van der Waals surface area contributed by atoms with Gasteiger partial charge in [-0.3, -0.25) is 9.59 Å².